The van der Waals surface area contributed by atoms with Crippen LogP contribution in [-0.4, -0.2) is 24.0 Å². The topological polar surface area (TPSA) is 69.7 Å². The van der Waals surface area contributed by atoms with Gasteiger partial charge in [-0.3, -0.25) is 0 Å². The lowest BCUT2D eigenvalue weighted by atomic mass is 10.4. The summed E-state index contributed by atoms with van der Waals surface area (Å²) in [5.41, 5.74) is 0. The molecule has 0 aliphatic carbocycles. The highest BCUT2D eigenvalue weighted by molar-refractivity contribution is 5.99. The van der Waals surface area contributed by atoms with Gasteiger partial charge in [0.25, 0.3) is 0 Å². The average molecular weight is 170 g/mol. The first-order valence-corrected chi connectivity index (χ1v) is 3.24. The summed E-state index contributed by atoms with van der Waals surface area (Å²) in [5.74, 6) is -2.45. The highest BCUT2D eigenvalue weighted by Gasteiger charge is 2.22. The van der Waals surface area contributed by atoms with Gasteiger partial charge in [-0.15, -0.1) is 0 Å². The second kappa shape index (κ2) is 3.17. The molecule has 0 radical (unpaired) electrons. The van der Waals surface area contributed by atoms with Gasteiger partial charge in [-0.2, -0.15) is 0 Å². The molecule has 1 heterocycles. The molecule has 1 atom stereocenters. The number of carbonyl (C=O) groups is 3. The molecule has 12 heavy (non-hydrogen) atoms. The van der Waals surface area contributed by atoms with E-state index < -0.39 is 24.0 Å². The van der Waals surface area contributed by atoms with Crippen molar-refractivity contribution in [1.29, 1.82) is 0 Å². The van der Waals surface area contributed by atoms with Crippen LogP contribution in [0.2, 0.25) is 0 Å². The second-order valence-corrected chi connectivity index (χ2v) is 2.15. The Labute approximate surface area is 67.9 Å². The molecule has 5 nitrogen and oxygen atoms in total. The minimum atomic E-state index is -1.04. The molecule has 0 spiro atoms. The number of esters is 3. The van der Waals surface area contributed by atoms with Crippen molar-refractivity contribution in [3.8, 4) is 0 Å². The quantitative estimate of drug-likeness (QED) is 0.364. The predicted molar refractivity (Wildman–Crippen MR) is 35.8 cm³/mol. The molecule has 1 aliphatic heterocycles. The van der Waals surface area contributed by atoms with Gasteiger partial charge in [-0.05, 0) is 6.92 Å². The van der Waals surface area contributed by atoms with Crippen LogP contribution in [0.5, 0.6) is 0 Å². The van der Waals surface area contributed by atoms with E-state index in [1.54, 1.807) is 0 Å². The van der Waals surface area contributed by atoms with Gasteiger partial charge in [0.15, 0.2) is 6.10 Å². The fourth-order valence-electron chi connectivity index (χ4n) is 0.614. The first-order chi connectivity index (χ1) is 5.59. The molecule has 64 valence electrons. The van der Waals surface area contributed by atoms with Gasteiger partial charge in [0.2, 0.25) is 0 Å². The summed E-state index contributed by atoms with van der Waals surface area (Å²) in [7, 11) is 0. The largest absolute Gasteiger partial charge is 0.447 e. The van der Waals surface area contributed by atoms with E-state index in [1.807, 2.05) is 0 Å². The van der Waals surface area contributed by atoms with E-state index in [2.05, 4.69) is 9.47 Å². The van der Waals surface area contributed by atoms with E-state index >= 15 is 0 Å². The second-order valence-electron chi connectivity index (χ2n) is 2.15. The molecule has 0 aromatic heterocycles. The van der Waals surface area contributed by atoms with E-state index in [0.717, 1.165) is 12.2 Å². The van der Waals surface area contributed by atoms with Gasteiger partial charge in [0, 0.05) is 12.2 Å². The third-order valence-corrected chi connectivity index (χ3v) is 1.18. The summed E-state index contributed by atoms with van der Waals surface area (Å²) in [6.45, 7) is 1.33. The Balaban J connectivity index is 2.82. The molecule has 0 bridgehead atoms. The zero-order valence-corrected chi connectivity index (χ0v) is 6.27. The monoisotopic (exact) mass is 170 g/mol. The van der Waals surface area contributed by atoms with Gasteiger partial charge in [-0.1, -0.05) is 0 Å². The van der Waals surface area contributed by atoms with Crippen LogP contribution < -0.4 is 0 Å². The van der Waals surface area contributed by atoms with Crippen LogP contribution in [0.4, 0.5) is 0 Å². The Morgan fingerprint density at radius 2 is 1.75 bits per heavy atom. The van der Waals surface area contributed by atoms with Gasteiger partial charge in [-0.25, -0.2) is 14.4 Å². The van der Waals surface area contributed by atoms with E-state index in [0.29, 0.717) is 0 Å². The van der Waals surface area contributed by atoms with Gasteiger partial charge in [0.05, 0.1) is 0 Å². The van der Waals surface area contributed by atoms with Crippen molar-refractivity contribution in [1.82, 2.24) is 0 Å². The van der Waals surface area contributed by atoms with Crippen molar-refractivity contribution in [2.75, 3.05) is 0 Å². The number of rotatable bonds is 0. The molecule has 1 rings (SSSR count). The van der Waals surface area contributed by atoms with Crippen LogP contribution in [-0.2, 0) is 23.9 Å². The summed E-state index contributed by atoms with van der Waals surface area (Å²) in [4.78, 5) is 32.0. The number of hydrogen-bond acceptors (Lipinski definition) is 5. The summed E-state index contributed by atoms with van der Waals surface area (Å²) < 4.78 is 8.71. The maximum absolute atomic E-state index is 10.8. The zero-order chi connectivity index (χ0) is 9.14. The van der Waals surface area contributed by atoms with Crippen molar-refractivity contribution in [3.63, 3.8) is 0 Å². The van der Waals surface area contributed by atoms with Gasteiger partial charge in [0.1, 0.15) is 0 Å². The lowest BCUT2D eigenvalue weighted by Gasteiger charge is -2.11. The minimum Gasteiger partial charge on any atom is -0.447 e. The van der Waals surface area contributed by atoms with Crippen LogP contribution in [0.25, 0.3) is 0 Å². The number of cyclic esters (lactones) is 3. The lowest BCUT2D eigenvalue weighted by molar-refractivity contribution is -0.170. The molecule has 5 heteroatoms. The molecule has 0 saturated carbocycles. The maximum Gasteiger partial charge on any atom is 0.355 e. The van der Waals surface area contributed by atoms with Crippen LogP contribution >= 0.6 is 0 Å². The van der Waals surface area contributed by atoms with Crippen LogP contribution in [0.1, 0.15) is 6.92 Å². The molecule has 0 saturated heterocycles. The van der Waals surface area contributed by atoms with E-state index in [4.69, 9.17) is 0 Å². The minimum absolute atomic E-state index is 0.729. The fourth-order valence-corrected chi connectivity index (χ4v) is 0.614. The van der Waals surface area contributed by atoms with Crippen LogP contribution in [0.3, 0.4) is 0 Å². The van der Waals surface area contributed by atoms with Crippen molar-refractivity contribution < 1.29 is 23.9 Å². The van der Waals surface area contributed by atoms with Crippen LogP contribution in [0.15, 0.2) is 12.2 Å². The Hall–Kier alpha value is -1.65. The Kier molecular flexibility index (Phi) is 2.23. The summed E-state index contributed by atoms with van der Waals surface area (Å²) in [6, 6.07) is 0. The molecule has 0 amide bonds. The number of ether oxygens (including phenoxy) is 2. The summed E-state index contributed by atoms with van der Waals surface area (Å²) >= 11 is 0. The molecule has 0 N–H and O–H groups in total. The lowest BCUT2D eigenvalue weighted by Crippen LogP contribution is -2.29. The Bertz CT molecular complexity index is 265. The van der Waals surface area contributed by atoms with Crippen molar-refractivity contribution in [2.24, 2.45) is 0 Å². The van der Waals surface area contributed by atoms with E-state index in [1.165, 1.54) is 6.92 Å². The first-order valence-electron chi connectivity index (χ1n) is 3.24. The standard InChI is InChI=1S/C7H6O5/c1-4-7(10)12-6(9)3-2-5(8)11-4/h2-4H,1H3/b3-2-. The highest BCUT2D eigenvalue weighted by atomic mass is 16.6. The molecular formula is C7H6O5. The number of hydrogen-bond donors (Lipinski definition) is 0. The van der Waals surface area contributed by atoms with Crippen molar-refractivity contribution >= 4 is 17.9 Å². The SMILES string of the molecule is CC1OC(=O)/C=C\C(=O)OC1=O. The van der Waals surface area contributed by atoms with Crippen molar-refractivity contribution in [2.45, 2.75) is 13.0 Å². The van der Waals surface area contributed by atoms with E-state index in [-0.39, 0.29) is 0 Å². The number of carbonyl (C=O) groups excluding carboxylic acids is 3. The molecule has 0 fully saturated rings. The molecule has 0 aromatic carbocycles. The first kappa shape index (κ1) is 8.45. The van der Waals surface area contributed by atoms with E-state index in [9.17, 15) is 14.4 Å². The third kappa shape index (κ3) is 1.91. The summed E-state index contributed by atoms with van der Waals surface area (Å²) in [6.07, 6.45) is 0.712. The third-order valence-electron chi connectivity index (χ3n) is 1.18. The normalized spacial score (nSPS) is 26.8. The molecule has 0 aromatic rings. The average Bonchev–Trinajstić information content (AvgIpc) is 1.99. The van der Waals surface area contributed by atoms with Gasteiger partial charge < -0.3 is 9.47 Å². The smallest absolute Gasteiger partial charge is 0.355 e. The fraction of sp³-hybridized carbons (Fsp3) is 0.286. The zero-order valence-electron chi connectivity index (χ0n) is 6.27. The Morgan fingerprint density at radius 1 is 1.17 bits per heavy atom. The highest BCUT2D eigenvalue weighted by Crippen LogP contribution is 2.00. The molecule has 1 aliphatic rings. The molecular weight excluding hydrogens is 164 g/mol. The van der Waals surface area contributed by atoms with Crippen molar-refractivity contribution in [3.05, 3.63) is 12.2 Å². The predicted octanol–water partition coefficient (Wildman–Crippen LogP) is -0.442. The van der Waals surface area contributed by atoms with Crippen LogP contribution in [0, 0.1) is 0 Å². The van der Waals surface area contributed by atoms with Gasteiger partial charge >= 0.3 is 17.9 Å². The summed E-state index contributed by atoms with van der Waals surface area (Å²) in [5, 5.41) is 0. The maximum atomic E-state index is 10.8. The molecule has 1 unspecified atom stereocenters. The Morgan fingerprint density at radius 3 is 2.42 bits per heavy atom.